The van der Waals surface area contributed by atoms with Gasteiger partial charge in [-0.05, 0) is 100 Å². The molecule has 0 radical (unpaired) electrons. The number of anilines is 3. The van der Waals surface area contributed by atoms with E-state index in [2.05, 4.69) is 204 Å². The van der Waals surface area contributed by atoms with E-state index >= 15 is 0 Å². The number of furan rings is 1. The van der Waals surface area contributed by atoms with Crippen molar-refractivity contribution in [2.75, 3.05) is 4.90 Å². The predicted octanol–water partition coefficient (Wildman–Crippen LogP) is 14.6. The Morgan fingerprint density at radius 2 is 0.964 bits per heavy atom. The van der Waals surface area contributed by atoms with Crippen LogP contribution < -0.4 is 4.90 Å². The molecular weight excluding hydrogens is 669 g/mol. The van der Waals surface area contributed by atoms with E-state index in [1.54, 1.807) is 0 Å². The summed E-state index contributed by atoms with van der Waals surface area (Å²) in [5.41, 5.74) is 13.1. The van der Waals surface area contributed by atoms with Crippen LogP contribution in [-0.4, -0.2) is 4.57 Å². The van der Waals surface area contributed by atoms with Gasteiger partial charge in [0.1, 0.15) is 11.2 Å². The second kappa shape index (κ2) is 12.6. The minimum atomic E-state index is 0.875. The average molecular weight is 703 g/mol. The summed E-state index contributed by atoms with van der Waals surface area (Å²) in [5, 5.41) is 7.16. The molecule has 3 heteroatoms. The van der Waals surface area contributed by atoms with Crippen LogP contribution in [0.4, 0.5) is 17.1 Å². The Kier molecular flexibility index (Phi) is 7.17. The van der Waals surface area contributed by atoms with Gasteiger partial charge in [-0.25, -0.2) is 0 Å². The SMILES string of the molecule is c1ccc(-c2ccc(-c3ccc4ccccc4c3)cc2N(c2ccc(-n3c4ccccc4c4ccccc43)cc2)c2ccc3oc4ccccc4c3c2)cc1. The Morgan fingerprint density at radius 1 is 0.364 bits per heavy atom. The summed E-state index contributed by atoms with van der Waals surface area (Å²) in [6.45, 7) is 0. The molecule has 0 fully saturated rings. The minimum absolute atomic E-state index is 0.875. The molecular formula is C52H34N2O. The van der Waals surface area contributed by atoms with Crippen molar-refractivity contribution in [2.45, 2.75) is 0 Å². The van der Waals surface area contributed by atoms with Crippen LogP contribution in [0.1, 0.15) is 0 Å². The maximum absolute atomic E-state index is 6.31. The summed E-state index contributed by atoms with van der Waals surface area (Å²) in [6, 6.07) is 74.1. The zero-order valence-corrected chi connectivity index (χ0v) is 29.9. The number of aromatic nitrogens is 1. The van der Waals surface area contributed by atoms with Gasteiger partial charge >= 0.3 is 0 Å². The van der Waals surface area contributed by atoms with Gasteiger partial charge in [-0.3, -0.25) is 0 Å². The molecule has 0 bridgehead atoms. The molecule has 3 nitrogen and oxygen atoms in total. The fourth-order valence-corrected chi connectivity index (χ4v) is 8.36. The summed E-state index contributed by atoms with van der Waals surface area (Å²) in [7, 11) is 0. The molecule has 0 aliphatic carbocycles. The highest BCUT2D eigenvalue weighted by Gasteiger charge is 2.21. The van der Waals surface area contributed by atoms with Crippen LogP contribution in [0.15, 0.2) is 211 Å². The van der Waals surface area contributed by atoms with E-state index < -0.39 is 0 Å². The third-order valence-corrected chi connectivity index (χ3v) is 11.0. The lowest BCUT2D eigenvalue weighted by atomic mass is 9.95. The second-order valence-electron chi connectivity index (χ2n) is 14.2. The highest BCUT2D eigenvalue weighted by molar-refractivity contribution is 6.09. The topological polar surface area (TPSA) is 21.3 Å². The summed E-state index contributed by atoms with van der Waals surface area (Å²) >= 11 is 0. The van der Waals surface area contributed by atoms with Gasteiger partial charge in [-0.2, -0.15) is 0 Å². The molecule has 0 aliphatic heterocycles. The Morgan fingerprint density at radius 3 is 1.75 bits per heavy atom. The molecule has 0 spiro atoms. The molecule has 0 aliphatic rings. The fourth-order valence-electron chi connectivity index (χ4n) is 8.36. The van der Waals surface area contributed by atoms with Crippen molar-refractivity contribution in [1.29, 1.82) is 0 Å². The number of benzene rings is 9. The summed E-state index contributed by atoms with van der Waals surface area (Å²) in [5.74, 6) is 0. The lowest BCUT2D eigenvalue weighted by molar-refractivity contribution is 0.669. The Bertz CT molecular complexity index is 3150. The molecule has 0 atom stereocenters. The summed E-state index contributed by atoms with van der Waals surface area (Å²) < 4.78 is 8.68. The van der Waals surface area contributed by atoms with Crippen LogP contribution in [0.25, 0.3) is 82.5 Å². The number of para-hydroxylation sites is 3. The minimum Gasteiger partial charge on any atom is -0.456 e. The van der Waals surface area contributed by atoms with Gasteiger partial charge in [0.05, 0.1) is 16.7 Å². The van der Waals surface area contributed by atoms with Crippen molar-refractivity contribution in [3.63, 3.8) is 0 Å². The molecule has 2 aromatic heterocycles. The Labute approximate surface area is 318 Å². The van der Waals surface area contributed by atoms with Crippen LogP contribution in [0.5, 0.6) is 0 Å². The predicted molar refractivity (Wildman–Crippen MR) is 231 cm³/mol. The molecule has 11 aromatic rings. The van der Waals surface area contributed by atoms with E-state index in [0.29, 0.717) is 0 Å². The molecule has 0 amide bonds. The second-order valence-corrected chi connectivity index (χ2v) is 14.2. The van der Waals surface area contributed by atoms with Crippen molar-refractivity contribution in [3.8, 4) is 27.9 Å². The highest BCUT2D eigenvalue weighted by Crippen LogP contribution is 2.45. The first kappa shape index (κ1) is 31.2. The van der Waals surface area contributed by atoms with Crippen LogP contribution in [0, 0.1) is 0 Å². The van der Waals surface area contributed by atoms with E-state index in [0.717, 1.165) is 61.4 Å². The molecule has 11 rings (SSSR count). The van der Waals surface area contributed by atoms with Gasteiger partial charge < -0.3 is 13.9 Å². The molecule has 0 N–H and O–H groups in total. The van der Waals surface area contributed by atoms with E-state index in [9.17, 15) is 0 Å². The number of nitrogens with zero attached hydrogens (tertiary/aromatic N) is 2. The van der Waals surface area contributed by atoms with Crippen molar-refractivity contribution < 1.29 is 4.42 Å². The van der Waals surface area contributed by atoms with E-state index in [1.807, 2.05) is 12.1 Å². The third-order valence-electron chi connectivity index (χ3n) is 11.0. The first-order chi connectivity index (χ1) is 27.3. The number of fused-ring (bicyclic) bond motifs is 7. The normalized spacial score (nSPS) is 11.6. The van der Waals surface area contributed by atoms with Crippen molar-refractivity contribution in [2.24, 2.45) is 0 Å². The van der Waals surface area contributed by atoms with Gasteiger partial charge in [0.15, 0.2) is 0 Å². The molecule has 55 heavy (non-hydrogen) atoms. The number of rotatable bonds is 6. The largest absolute Gasteiger partial charge is 0.456 e. The zero-order valence-electron chi connectivity index (χ0n) is 29.9. The Balaban J connectivity index is 1.15. The lowest BCUT2D eigenvalue weighted by Crippen LogP contribution is -2.11. The van der Waals surface area contributed by atoms with Crippen LogP contribution in [0.3, 0.4) is 0 Å². The first-order valence-corrected chi connectivity index (χ1v) is 18.8. The van der Waals surface area contributed by atoms with E-state index in [-0.39, 0.29) is 0 Å². The molecule has 258 valence electrons. The van der Waals surface area contributed by atoms with Crippen molar-refractivity contribution >= 4 is 71.6 Å². The Hall–Kier alpha value is -7.36. The average Bonchev–Trinajstić information content (AvgIpc) is 3.80. The molecule has 0 unspecified atom stereocenters. The molecule has 0 saturated heterocycles. The van der Waals surface area contributed by atoms with Crippen LogP contribution in [-0.2, 0) is 0 Å². The molecule has 2 heterocycles. The number of hydrogen-bond donors (Lipinski definition) is 0. The highest BCUT2D eigenvalue weighted by atomic mass is 16.3. The van der Waals surface area contributed by atoms with Gasteiger partial charge in [-0.1, -0.05) is 133 Å². The maximum Gasteiger partial charge on any atom is 0.135 e. The maximum atomic E-state index is 6.31. The lowest BCUT2D eigenvalue weighted by Gasteiger charge is -2.29. The van der Waals surface area contributed by atoms with Gasteiger partial charge in [-0.15, -0.1) is 0 Å². The van der Waals surface area contributed by atoms with Crippen LogP contribution >= 0.6 is 0 Å². The summed E-state index contributed by atoms with van der Waals surface area (Å²) in [6.07, 6.45) is 0. The monoisotopic (exact) mass is 702 g/mol. The third kappa shape index (κ3) is 5.20. The summed E-state index contributed by atoms with van der Waals surface area (Å²) in [4.78, 5) is 2.41. The van der Waals surface area contributed by atoms with E-state index in [1.165, 1.54) is 38.1 Å². The van der Waals surface area contributed by atoms with Crippen molar-refractivity contribution in [3.05, 3.63) is 206 Å². The zero-order chi connectivity index (χ0) is 36.3. The molecule has 9 aromatic carbocycles. The fraction of sp³-hybridized carbons (Fsp3) is 0. The van der Waals surface area contributed by atoms with Gasteiger partial charge in [0.2, 0.25) is 0 Å². The van der Waals surface area contributed by atoms with Gasteiger partial charge in [0.25, 0.3) is 0 Å². The molecule has 0 saturated carbocycles. The van der Waals surface area contributed by atoms with Crippen LogP contribution in [0.2, 0.25) is 0 Å². The number of hydrogen-bond acceptors (Lipinski definition) is 2. The quantitative estimate of drug-likeness (QED) is 0.172. The van der Waals surface area contributed by atoms with E-state index in [4.69, 9.17) is 4.42 Å². The van der Waals surface area contributed by atoms with Crippen molar-refractivity contribution in [1.82, 2.24) is 4.57 Å². The standard InChI is InChI=1S/C52H34N2O/c1-2-13-36(14-3-1)43-30-24-39(38-23-22-35-12-4-5-15-37(35)32-38)33-50(43)53(42-29-31-52-47(34-42)46-18-8-11-21-51(46)55-52)40-25-27-41(28-26-40)54-48-19-9-6-16-44(48)45-17-7-10-20-49(45)54/h1-34H. The first-order valence-electron chi connectivity index (χ1n) is 18.8. The smallest absolute Gasteiger partial charge is 0.135 e. The van der Waals surface area contributed by atoms with Gasteiger partial charge in [0, 0.05) is 44.2 Å².